The van der Waals surface area contributed by atoms with Crippen molar-refractivity contribution in [2.45, 2.75) is 32.6 Å². The van der Waals surface area contributed by atoms with Gasteiger partial charge in [0.15, 0.2) is 0 Å². The molecule has 0 saturated heterocycles. The van der Waals surface area contributed by atoms with Crippen LogP contribution < -0.4 is 0 Å². The maximum atomic E-state index is 3.45. The molecule has 14 heavy (non-hydrogen) atoms. The predicted molar refractivity (Wildman–Crippen MR) is 61.5 cm³/mol. The van der Waals surface area contributed by atoms with E-state index in [9.17, 15) is 0 Å². The van der Waals surface area contributed by atoms with Crippen LogP contribution in [0.15, 0.2) is 30.3 Å². The van der Waals surface area contributed by atoms with Crippen LogP contribution in [-0.2, 0) is 6.42 Å². The van der Waals surface area contributed by atoms with Gasteiger partial charge in [0.1, 0.15) is 0 Å². The Kier molecular flexibility index (Phi) is 2.87. The molecule has 0 fully saturated rings. The summed E-state index contributed by atoms with van der Waals surface area (Å²) < 4.78 is 0. The van der Waals surface area contributed by atoms with Crippen LogP contribution in [0.1, 0.15) is 31.9 Å². The van der Waals surface area contributed by atoms with Gasteiger partial charge in [0, 0.05) is 11.2 Å². The van der Waals surface area contributed by atoms with E-state index in [1.54, 1.807) is 0 Å². The van der Waals surface area contributed by atoms with E-state index < -0.39 is 0 Å². The van der Waals surface area contributed by atoms with Gasteiger partial charge in [-0.2, -0.15) is 0 Å². The first-order valence-corrected chi connectivity index (χ1v) is 5.47. The first-order chi connectivity index (χ1) is 6.90. The molecule has 0 aliphatic heterocycles. The van der Waals surface area contributed by atoms with Crippen LogP contribution in [0.5, 0.6) is 0 Å². The summed E-state index contributed by atoms with van der Waals surface area (Å²) in [4.78, 5) is 3.45. The Morgan fingerprint density at radius 2 is 2.00 bits per heavy atom. The number of aromatic amines is 1. The van der Waals surface area contributed by atoms with Crippen LogP contribution in [0, 0.1) is 0 Å². The summed E-state index contributed by atoms with van der Waals surface area (Å²) in [7, 11) is 0. The van der Waals surface area contributed by atoms with Gasteiger partial charge in [-0.3, -0.25) is 0 Å². The highest BCUT2D eigenvalue weighted by Gasteiger charge is 1.98. The van der Waals surface area contributed by atoms with Gasteiger partial charge in [-0.15, -0.1) is 0 Å². The maximum absolute atomic E-state index is 3.45. The molecule has 2 rings (SSSR count). The van der Waals surface area contributed by atoms with E-state index in [4.69, 9.17) is 0 Å². The summed E-state index contributed by atoms with van der Waals surface area (Å²) in [6.45, 7) is 2.24. The summed E-state index contributed by atoms with van der Waals surface area (Å²) in [5, 5.41) is 1.33. The lowest BCUT2D eigenvalue weighted by Gasteiger charge is -1.95. The average molecular weight is 187 g/mol. The Bertz CT molecular complexity index is 367. The van der Waals surface area contributed by atoms with Crippen LogP contribution in [0.25, 0.3) is 10.9 Å². The summed E-state index contributed by atoms with van der Waals surface area (Å²) in [6.07, 6.45) is 5.10. The van der Waals surface area contributed by atoms with Crippen molar-refractivity contribution in [3.63, 3.8) is 0 Å². The first-order valence-electron chi connectivity index (χ1n) is 5.47. The van der Waals surface area contributed by atoms with Crippen molar-refractivity contribution in [1.29, 1.82) is 0 Å². The zero-order valence-corrected chi connectivity index (χ0v) is 8.72. The first kappa shape index (κ1) is 9.32. The Balaban J connectivity index is 2.11. The average Bonchev–Trinajstić information content (AvgIpc) is 2.60. The van der Waals surface area contributed by atoms with Crippen LogP contribution >= 0.6 is 0 Å². The molecule has 0 aliphatic rings. The molecule has 0 amide bonds. The van der Waals surface area contributed by atoms with Crippen LogP contribution in [-0.4, -0.2) is 4.98 Å². The third-order valence-corrected chi connectivity index (χ3v) is 2.64. The highest BCUT2D eigenvalue weighted by atomic mass is 14.7. The Morgan fingerprint density at radius 1 is 1.14 bits per heavy atom. The van der Waals surface area contributed by atoms with E-state index in [0.29, 0.717) is 0 Å². The lowest BCUT2D eigenvalue weighted by atomic mass is 10.1. The quantitative estimate of drug-likeness (QED) is 0.699. The third-order valence-electron chi connectivity index (χ3n) is 2.64. The number of aromatic nitrogens is 1. The molecule has 0 aliphatic carbocycles. The summed E-state index contributed by atoms with van der Waals surface area (Å²) >= 11 is 0. The van der Waals surface area contributed by atoms with E-state index in [-0.39, 0.29) is 0 Å². The van der Waals surface area contributed by atoms with Gasteiger partial charge in [0.2, 0.25) is 0 Å². The second-order valence-electron chi connectivity index (χ2n) is 3.84. The van der Waals surface area contributed by atoms with Crippen molar-refractivity contribution in [1.82, 2.24) is 4.98 Å². The molecule has 1 aromatic carbocycles. The zero-order chi connectivity index (χ0) is 9.80. The zero-order valence-electron chi connectivity index (χ0n) is 8.72. The molecule has 0 saturated carbocycles. The fourth-order valence-corrected chi connectivity index (χ4v) is 1.83. The third kappa shape index (κ3) is 1.98. The molecule has 1 nitrogen and oxygen atoms in total. The van der Waals surface area contributed by atoms with Crippen LogP contribution in [0.3, 0.4) is 0 Å². The second-order valence-corrected chi connectivity index (χ2v) is 3.84. The lowest BCUT2D eigenvalue weighted by Crippen LogP contribution is -1.84. The minimum atomic E-state index is 1.18. The number of benzene rings is 1. The minimum absolute atomic E-state index is 1.18. The van der Waals surface area contributed by atoms with Gasteiger partial charge in [-0.1, -0.05) is 38.0 Å². The molecular weight excluding hydrogens is 170 g/mol. The molecular formula is C13H17N. The number of nitrogens with one attached hydrogen (secondary N) is 1. The van der Waals surface area contributed by atoms with Crippen molar-refractivity contribution < 1.29 is 0 Å². The molecule has 2 aromatic rings. The molecule has 0 atom stereocenters. The number of rotatable bonds is 4. The van der Waals surface area contributed by atoms with Gasteiger partial charge >= 0.3 is 0 Å². The summed E-state index contributed by atoms with van der Waals surface area (Å²) in [5.41, 5.74) is 2.64. The highest BCUT2D eigenvalue weighted by Crippen LogP contribution is 2.16. The second kappa shape index (κ2) is 4.32. The molecule has 74 valence electrons. The van der Waals surface area contributed by atoms with E-state index >= 15 is 0 Å². The van der Waals surface area contributed by atoms with Gasteiger partial charge in [0.25, 0.3) is 0 Å². The number of hydrogen-bond acceptors (Lipinski definition) is 0. The number of aryl methyl sites for hydroxylation is 1. The van der Waals surface area contributed by atoms with E-state index in [0.717, 1.165) is 0 Å². The Morgan fingerprint density at radius 3 is 2.79 bits per heavy atom. The van der Waals surface area contributed by atoms with Crippen LogP contribution in [0.4, 0.5) is 0 Å². The summed E-state index contributed by atoms with van der Waals surface area (Å²) in [5.74, 6) is 0. The molecule has 1 heterocycles. The Labute approximate surface area is 85.1 Å². The van der Waals surface area contributed by atoms with Crippen molar-refractivity contribution >= 4 is 10.9 Å². The number of H-pyrrole nitrogens is 1. The molecule has 0 unspecified atom stereocenters. The predicted octanol–water partition coefficient (Wildman–Crippen LogP) is 3.90. The number of fused-ring (bicyclic) bond motifs is 1. The van der Waals surface area contributed by atoms with E-state index in [1.165, 1.54) is 42.3 Å². The molecule has 0 radical (unpaired) electrons. The van der Waals surface area contributed by atoms with Crippen molar-refractivity contribution in [3.05, 3.63) is 36.0 Å². The fraction of sp³-hybridized carbons (Fsp3) is 0.385. The standard InChI is InChI=1S/C13H17N/c1-2-3-4-8-12-10-11-7-5-6-9-13(11)14-12/h5-7,9-10,14H,2-4,8H2,1H3. The Hall–Kier alpha value is -1.24. The van der Waals surface area contributed by atoms with Gasteiger partial charge in [-0.05, 0) is 30.4 Å². The number of unbranched alkanes of at least 4 members (excludes halogenated alkanes) is 2. The van der Waals surface area contributed by atoms with E-state index in [2.05, 4.69) is 42.2 Å². The fourth-order valence-electron chi connectivity index (χ4n) is 1.83. The largest absolute Gasteiger partial charge is 0.358 e. The van der Waals surface area contributed by atoms with Gasteiger partial charge in [-0.25, -0.2) is 0 Å². The number of hydrogen-bond donors (Lipinski definition) is 1. The van der Waals surface area contributed by atoms with Crippen LogP contribution in [0.2, 0.25) is 0 Å². The topological polar surface area (TPSA) is 15.8 Å². The smallest absolute Gasteiger partial charge is 0.0456 e. The summed E-state index contributed by atoms with van der Waals surface area (Å²) in [6, 6.07) is 10.7. The normalized spacial score (nSPS) is 10.9. The number of para-hydroxylation sites is 1. The monoisotopic (exact) mass is 187 g/mol. The molecule has 0 bridgehead atoms. The minimum Gasteiger partial charge on any atom is -0.358 e. The SMILES string of the molecule is CCCCCc1cc2ccccc2[nH]1. The van der Waals surface area contributed by atoms with Gasteiger partial charge < -0.3 is 4.98 Å². The van der Waals surface area contributed by atoms with Crippen molar-refractivity contribution in [3.8, 4) is 0 Å². The molecule has 1 heteroatoms. The van der Waals surface area contributed by atoms with Crippen molar-refractivity contribution in [2.75, 3.05) is 0 Å². The highest BCUT2D eigenvalue weighted by molar-refractivity contribution is 5.80. The molecule has 1 N–H and O–H groups in total. The maximum Gasteiger partial charge on any atom is 0.0456 e. The van der Waals surface area contributed by atoms with Crippen molar-refractivity contribution in [2.24, 2.45) is 0 Å². The van der Waals surface area contributed by atoms with Gasteiger partial charge in [0.05, 0.1) is 0 Å². The lowest BCUT2D eigenvalue weighted by molar-refractivity contribution is 0.710. The van der Waals surface area contributed by atoms with E-state index in [1.807, 2.05) is 0 Å². The molecule has 1 aromatic heterocycles. The molecule has 0 spiro atoms.